The Morgan fingerprint density at radius 1 is 1.37 bits per heavy atom. The van der Waals surface area contributed by atoms with Gasteiger partial charge in [0.1, 0.15) is 17.8 Å². The summed E-state index contributed by atoms with van der Waals surface area (Å²) in [6, 6.07) is 5.07. The molecule has 1 N–H and O–H groups in total. The third kappa shape index (κ3) is 4.28. The average molecular weight is 414 g/mol. The van der Waals surface area contributed by atoms with Crippen LogP contribution in [0.3, 0.4) is 0 Å². The Morgan fingerprint density at radius 3 is 2.93 bits per heavy atom. The van der Waals surface area contributed by atoms with E-state index in [-0.39, 0.29) is 17.5 Å². The minimum absolute atomic E-state index is 0.112. The van der Waals surface area contributed by atoms with Crippen LogP contribution in [0.25, 0.3) is 0 Å². The predicted octanol–water partition coefficient (Wildman–Crippen LogP) is 2.60. The number of hydrogen-bond donors (Lipinski definition) is 1. The van der Waals surface area contributed by atoms with Gasteiger partial charge in [0.05, 0.1) is 11.5 Å². The number of carbonyl (C=O) groups excluding carboxylic acids is 1. The summed E-state index contributed by atoms with van der Waals surface area (Å²) in [5.74, 6) is 0.887. The van der Waals surface area contributed by atoms with Crippen molar-refractivity contribution in [2.75, 3.05) is 38.7 Å². The maximum absolute atomic E-state index is 13.1. The van der Waals surface area contributed by atoms with Crippen LogP contribution in [0.1, 0.15) is 53.8 Å². The molecule has 1 saturated heterocycles. The van der Waals surface area contributed by atoms with Crippen molar-refractivity contribution in [1.29, 1.82) is 0 Å². The van der Waals surface area contributed by atoms with Gasteiger partial charge in [-0.1, -0.05) is 0 Å². The molecule has 2 aromatic rings. The number of nitro benzene ring substituents is 1. The van der Waals surface area contributed by atoms with Gasteiger partial charge >= 0.3 is 0 Å². The molecule has 0 bridgehead atoms. The lowest BCUT2D eigenvalue weighted by molar-refractivity contribution is -0.384. The first-order chi connectivity index (χ1) is 14.6. The van der Waals surface area contributed by atoms with Gasteiger partial charge in [0.2, 0.25) is 0 Å². The van der Waals surface area contributed by atoms with Crippen molar-refractivity contribution in [2.45, 2.75) is 37.6 Å². The fourth-order valence-electron chi connectivity index (χ4n) is 3.99. The molecule has 4 rings (SSSR count). The quantitative estimate of drug-likeness (QED) is 0.401. The number of hydrogen-bond acceptors (Lipinski definition) is 7. The van der Waals surface area contributed by atoms with Crippen LogP contribution in [0.5, 0.6) is 0 Å². The van der Waals surface area contributed by atoms with E-state index >= 15 is 0 Å². The van der Waals surface area contributed by atoms with Crippen molar-refractivity contribution < 1.29 is 14.5 Å². The number of likely N-dealkylation sites (tertiary alicyclic amines) is 1. The molecular formula is C20H26N6O4. The largest absolute Gasteiger partial charge is 0.383 e. The topological polar surface area (TPSA) is 115 Å². The highest BCUT2D eigenvalue weighted by molar-refractivity contribution is 5.95. The van der Waals surface area contributed by atoms with Crippen molar-refractivity contribution in [2.24, 2.45) is 0 Å². The highest BCUT2D eigenvalue weighted by Crippen LogP contribution is 2.38. The van der Waals surface area contributed by atoms with Crippen LogP contribution in [0, 0.1) is 10.1 Å². The molecule has 10 heteroatoms. The molecule has 160 valence electrons. The van der Waals surface area contributed by atoms with E-state index in [0.29, 0.717) is 43.5 Å². The van der Waals surface area contributed by atoms with Gasteiger partial charge in [0, 0.05) is 50.3 Å². The van der Waals surface area contributed by atoms with Crippen LogP contribution in [0.2, 0.25) is 0 Å². The number of piperidine rings is 1. The lowest BCUT2D eigenvalue weighted by Gasteiger charge is -2.32. The van der Waals surface area contributed by atoms with Gasteiger partial charge in [-0.05, 0) is 37.8 Å². The molecule has 0 radical (unpaired) electrons. The number of nitro groups is 1. The number of nitrogens with zero attached hydrogens (tertiary/aromatic N) is 5. The number of carbonyl (C=O) groups is 1. The summed E-state index contributed by atoms with van der Waals surface area (Å²) in [6.07, 6.45) is 5.90. The summed E-state index contributed by atoms with van der Waals surface area (Å²) < 4.78 is 7.11. The van der Waals surface area contributed by atoms with Gasteiger partial charge in [0.15, 0.2) is 0 Å². The fraction of sp³-hybridized carbons (Fsp3) is 0.550. The average Bonchev–Trinajstić information content (AvgIpc) is 3.49. The summed E-state index contributed by atoms with van der Waals surface area (Å²) in [6.45, 7) is 2.05. The zero-order valence-corrected chi connectivity index (χ0v) is 17.0. The second-order valence-corrected chi connectivity index (χ2v) is 7.83. The van der Waals surface area contributed by atoms with Gasteiger partial charge in [-0.15, -0.1) is 10.2 Å². The number of aromatic nitrogens is 3. The summed E-state index contributed by atoms with van der Waals surface area (Å²) in [5.41, 5.74) is 0.588. The molecule has 2 aliphatic rings. The Hall–Kier alpha value is -3.01. The van der Waals surface area contributed by atoms with Crippen molar-refractivity contribution in [1.82, 2.24) is 19.7 Å². The number of nitrogens with one attached hydrogen (secondary N) is 1. The second-order valence-electron chi connectivity index (χ2n) is 7.83. The predicted molar refractivity (Wildman–Crippen MR) is 110 cm³/mol. The smallest absolute Gasteiger partial charge is 0.293 e. The van der Waals surface area contributed by atoms with E-state index in [1.165, 1.54) is 6.07 Å². The van der Waals surface area contributed by atoms with Gasteiger partial charge in [0.25, 0.3) is 11.6 Å². The summed E-state index contributed by atoms with van der Waals surface area (Å²) in [7, 11) is 1.57. The van der Waals surface area contributed by atoms with Gasteiger partial charge in [-0.2, -0.15) is 0 Å². The second kappa shape index (κ2) is 8.78. The minimum atomic E-state index is -0.469. The SMILES string of the molecule is COCCNc1ccc(C(=O)N2CCCC(c3nncn3C3CC3)C2)cc1[N+](=O)[O-]. The van der Waals surface area contributed by atoms with Crippen LogP contribution in [-0.4, -0.2) is 63.8 Å². The molecule has 1 aliphatic heterocycles. The van der Waals surface area contributed by atoms with E-state index in [1.807, 2.05) is 0 Å². The number of amides is 1. The normalized spacial score (nSPS) is 19.0. The van der Waals surface area contributed by atoms with E-state index in [0.717, 1.165) is 31.5 Å². The molecular weight excluding hydrogens is 388 g/mol. The molecule has 2 fully saturated rings. The molecule has 1 saturated carbocycles. The molecule has 1 unspecified atom stereocenters. The lowest BCUT2D eigenvalue weighted by atomic mass is 9.96. The number of anilines is 1. The zero-order chi connectivity index (χ0) is 21.1. The number of rotatable bonds is 8. The van der Waals surface area contributed by atoms with Gasteiger partial charge in [-0.3, -0.25) is 14.9 Å². The number of ether oxygens (including phenoxy) is 1. The summed E-state index contributed by atoms with van der Waals surface area (Å²) in [4.78, 5) is 25.9. The molecule has 10 nitrogen and oxygen atoms in total. The molecule has 1 aromatic heterocycles. The monoisotopic (exact) mass is 414 g/mol. The molecule has 1 atom stereocenters. The fourth-order valence-corrected chi connectivity index (χ4v) is 3.99. The van der Waals surface area contributed by atoms with E-state index in [1.54, 1.807) is 30.5 Å². The maximum Gasteiger partial charge on any atom is 0.293 e. The first kappa shape index (κ1) is 20.3. The zero-order valence-electron chi connectivity index (χ0n) is 17.0. The van der Waals surface area contributed by atoms with Crippen LogP contribution in [0.4, 0.5) is 11.4 Å². The standard InChI is InChI=1S/C20H26N6O4/c1-30-10-8-21-17-7-4-14(11-18(17)26(28)29)20(27)24-9-2-3-15(12-24)19-23-22-13-25(19)16-5-6-16/h4,7,11,13,15-16,21H,2-3,5-6,8-10,12H2,1H3. The van der Waals surface area contributed by atoms with Crippen LogP contribution in [-0.2, 0) is 4.74 Å². The Balaban J connectivity index is 1.49. The van der Waals surface area contributed by atoms with E-state index in [4.69, 9.17) is 4.74 Å². The molecule has 1 aliphatic carbocycles. The maximum atomic E-state index is 13.1. The molecule has 1 amide bonds. The van der Waals surface area contributed by atoms with Gasteiger partial charge in [-0.25, -0.2) is 0 Å². The molecule has 1 aromatic carbocycles. The lowest BCUT2D eigenvalue weighted by Crippen LogP contribution is -2.39. The van der Waals surface area contributed by atoms with Gasteiger partial charge < -0.3 is 19.5 Å². The first-order valence-corrected chi connectivity index (χ1v) is 10.3. The van der Waals surface area contributed by atoms with Crippen molar-refractivity contribution >= 4 is 17.3 Å². The highest BCUT2D eigenvalue weighted by Gasteiger charge is 2.33. The third-order valence-corrected chi connectivity index (χ3v) is 5.68. The van der Waals surface area contributed by atoms with E-state index in [9.17, 15) is 14.9 Å². The Kier molecular flexibility index (Phi) is 5.93. The van der Waals surface area contributed by atoms with Crippen molar-refractivity contribution in [3.8, 4) is 0 Å². The Labute approximate surface area is 174 Å². The number of benzene rings is 1. The third-order valence-electron chi connectivity index (χ3n) is 5.68. The van der Waals surface area contributed by atoms with Crippen molar-refractivity contribution in [3.05, 3.63) is 46.0 Å². The van der Waals surface area contributed by atoms with Crippen LogP contribution >= 0.6 is 0 Å². The Bertz CT molecular complexity index is 926. The Morgan fingerprint density at radius 2 is 2.20 bits per heavy atom. The van der Waals surface area contributed by atoms with E-state index < -0.39 is 4.92 Å². The summed E-state index contributed by atoms with van der Waals surface area (Å²) >= 11 is 0. The highest BCUT2D eigenvalue weighted by atomic mass is 16.6. The first-order valence-electron chi connectivity index (χ1n) is 10.3. The minimum Gasteiger partial charge on any atom is -0.383 e. The molecule has 2 heterocycles. The summed E-state index contributed by atoms with van der Waals surface area (Å²) in [5, 5.41) is 22.9. The van der Waals surface area contributed by atoms with E-state index in [2.05, 4.69) is 20.1 Å². The molecule has 0 spiro atoms. The van der Waals surface area contributed by atoms with Crippen LogP contribution in [0.15, 0.2) is 24.5 Å². The number of methoxy groups -OCH3 is 1. The van der Waals surface area contributed by atoms with Crippen LogP contribution < -0.4 is 5.32 Å². The molecule has 30 heavy (non-hydrogen) atoms. The van der Waals surface area contributed by atoms with Crippen molar-refractivity contribution in [3.63, 3.8) is 0 Å².